The van der Waals surface area contributed by atoms with Crippen LogP contribution in [0.2, 0.25) is 0 Å². The molecule has 0 bridgehead atoms. The van der Waals surface area contributed by atoms with Gasteiger partial charge in [0.15, 0.2) is 16.6 Å². The summed E-state index contributed by atoms with van der Waals surface area (Å²) in [5.41, 5.74) is -1.27. The van der Waals surface area contributed by atoms with Gasteiger partial charge in [0.25, 0.3) is 5.69 Å². The first-order valence-corrected chi connectivity index (χ1v) is 26.2. The van der Waals surface area contributed by atoms with E-state index in [0.29, 0.717) is 35.2 Å². The first-order chi connectivity index (χ1) is 34.2. The maximum absolute atomic E-state index is 12.5. The standard InChI is InChI=1S/C42H29N11O15S5.B.4Li/c1-21-33(19-43)39(46-25-7-11-29(12-8-25)70(57,58)59)48-40(47-26-9-13-30(14-10-26)71(60,61)62)38(21)50-51-41-34(20-44)37(23-3-5-24(6-4-23)45-22(2)54)42(69-41)52-49-27-15-31-32(35(16-27)72(63,64)65)17-28(53(55)56)18-36(31)73(66,67)68;;;;;/h3-18H,1-2H3,(H,45,54)(H2,46,47,48)(H,57,58,59)(H,60,61,62)(H,63,64,65)(H,66,67,68);;;;;/q;;4*+1/p-4. The molecule has 2 aromatic heterocycles. The number of carbonyl (C=O) groups is 1. The number of anilines is 5. The predicted octanol–water partition coefficient (Wildman–Crippen LogP) is -4.55. The molecule has 1 amide bonds. The van der Waals surface area contributed by atoms with Crippen molar-refractivity contribution in [3.8, 4) is 23.3 Å². The number of non-ortho nitro benzene ring substituents is 1. The second-order valence-electron chi connectivity index (χ2n) is 14.9. The molecule has 0 aliphatic heterocycles. The topological polar surface area (TPSA) is 435 Å². The molecule has 0 spiro atoms. The molecule has 375 valence electrons. The minimum Gasteiger partial charge on any atom is -0.744 e. The minimum atomic E-state index is -5.58. The van der Waals surface area contributed by atoms with E-state index < -0.39 is 93.0 Å². The number of nitrogens with zero attached hydrogens (tertiary/aromatic N) is 8. The molecule has 5 aromatic carbocycles. The van der Waals surface area contributed by atoms with Crippen molar-refractivity contribution in [3.63, 3.8) is 0 Å². The van der Waals surface area contributed by atoms with Crippen LogP contribution in [0.4, 0.5) is 55.8 Å². The summed E-state index contributed by atoms with van der Waals surface area (Å²) in [4.78, 5) is 23.2. The zero-order valence-electron chi connectivity index (χ0n) is 41.1. The Morgan fingerprint density at radius 1 is 0.615 bits per heavy atom. The first kappa shape index (κ1) is 68.1. The Bertz CT molecular complexity index is 4110. The number of pyridine rings is 1. The zero-order valence-corrected chi connectivity index (χ0v) is 45.1. The monoisotopic (exact) mass is 1120 g/mol. The van der Waals surface area contributed by atoms with E-state index in [1.165, 1.54) is 62.4 Å². The molecular weight excluding hydrogens is 1100 g/mol. The average molecular weight is 1120 g/mol. The summed E-state index contributed by atoms with van der Waals surface area (Å²) in [6.07, 6.45) is 0. The van der Waals surface area contributed by atoms with Crippen molar-refractivity contribution in [1.29, 1.82) is 10.5 Å². The van der Waals surface area contributed by atoms with Crippen molar-refractivity contribution < 1.29 is 137 Å². The van der Waals surface area contributed by atoms with Crippen LogP contribution in [0, 0.1) is 39.7 Å². The van der Waals surface area contributed by atoms with Crippen molar-refractivity contribution in [1.82, 2.24) is 4.98 Å². The van der Waals surface area contributed by atoms with Gasteiger partial charge in [0.05, 0.1) is 35.8 Å². The number of aromatic nitrogens is 1. The third kappa shape index (κ3) is 15.6. The van der Waals surface area contributed by atoms with Crippen LogP contribution >= 0.6 is 11.3 Å². The van der Waals surface area contributed by atoms with Crippen LogP contribution in [0.3, 0.4) is 0 Å². The Hall–Kier alpha value is -6.05. The molecule has 78 heavy (non-hydrogen) atoms. The fourth-order valence-electron chi connectivity index (χ4n) is 6.80. The molecule has 36 heteroatoms. The van der Waals surface area contributed by atoms with Crippen LogP contribution in [0.1, 0.15) is 23.6 Å². The molecule has 7 rings (SSSR count). The average Bonchev–Trinajstić information content (AvgIpc) is 3.66. The third-order valence-corrected chi connectivity index (χ3v) is 14.4. The maximum Gasteiger partial charge on any atom is 1.00 e. The molecule has 0 saturated carbocycles. The fourth-order valence-corrected chi connectivity index (χ4v) is 10.1. The van der Waals surface area contributed by atoms with Crippen LogP contribution in [0.25, 0.3) is 21.9 Å². The summed E-state index contributed by atoms with van der Waals surface area (Å²) in [6.45, 7) is 2.68. The zero-order chi connectivity index (χ0) is 53.4. The Morgan fingerprint density at radius 2 is 1.08 bits per heavy atom. The van der Waals surface area contributed by atoms with Crippen LogP contribution in [0.15, 0.2) is 137 Å². The minimum absolute atomic E-state index is 0. The molecular formula is C42H25BLi4N11O15S5. The van der Waals surface area contributed by atoms with E-state index in [-0.39, 0.29) is 150 Å². The Morgan fingerprint density at radius 3 is 1.54 bits per heavy atom. The van der Waals surface area contributed by atoms with Gasteiger partial charge in [-0.25, -0.2) is 38.7 Å². The number of amides is 1. The second-order valence-corrected chi connectivity index (χ2v) is 21.3. The molecule has 3 radical (unpaired) electrons. The summed E-state index contributed by atoms with van der Waals surface area (Å²) >= 11 is 0.639. The number of nitro benzene ring substituents is 1. The maximum atomic E-state index is 12.5. The number of nitriles is 2. The van der Waals surface area contributed by atoms with Gasteiger partial charge in [-0.3, -0.25) is 14.9 Å². The Balaban J connectivity index is 0.00000416. The number of hydrogen-bond acceptors (Lipinski definition) is 25. The molecule has 0 fully saturated rings. The molecule has 0 unspecified atom stereocenters. The fraction of sp³-hybridized carbons (Fsp3) is 0.0476. The number of nitrogens with one attached hydrogen (secondary N) is 3. The number of benzene rings is 5. The molecule has 26 nitrogen and oxygen atoms in total. The summed E-state index contributed by atoms with van der Waals surface area (Å²) < 4.78 is 144. The second kappa shape index (κ2) is 26.7. The van der Waals surface area contributed by atoms with Gasteiger partial charge in [-0.2, -0.15) is 10.5 Å². The number of azo groups is 2. The number of thiophene rings is 1. The molecule has 0 aliphatic carbocycles. The smallest absolute Gasteiger partial charge is 0.744 e. The number of hydrogen-bond donors (Lipinski definition) is 3. The van der Waals surface area contributed by atoms with Crippen LogP contribution in [0.5, 0.6) is 0 Å². The SMILES string of the molecule is CC(=O)Nc1ccc(-c2c(N=Nc3cc(S(=O)(=O)[O-])c4cc([N+](=O)[O-])cc(S(=O)(=O)[O-])c4c3)sc(N=Nc3c(Nc4ccc(S(=O)(=O)[O-])cc4)nc(Nc4ccc(S(=O)(=O)[O-])cc4)c(C#N)c3C)c2C#N)cc1.[B].[Li+].[Li+].[Li+].[Li+]. The number of carbonyl (C=O) groups excluding carboxylic acids is 1. The molecule has 0 saturated heterocycles. The molecule has 2 heterocycles. The molecule has 0 aliphatic rings. The number of nitro groups is 1. The number of rotatable bonds is 15. The summed E-state index contributed by atoms with van der Waals surface area (Å²) in [5, 5.41) is 55.9. The normalized spacial score (nSPS) is 11.4. The Labute approximate surface area is 497 Å². The quantitative estimate of drug-likeness (QED) is 0.0286. The van der Waals surface area contributed by atoms with Gasteiger partial charge >= 0.3 is 75.4 Å². The van der Waals surface area contributed by atoms with E-state index in [9.17, 15) is 77.3 Å². The number of fused-ring (bicyclic) bond motifs is 1. The summed E-state index contributed by atoms with van der Waals surface area (Å²) in [7, 11) is -20.8. The van der Waals surface area contributed by atoms with Crippen molar-refractivity contribution in [2.24, 2.45) is 20.5 Å². The predicted molar refractivity (Wildman–Crippen MR) is 258 cm³/mol. The van der Waals surface area contributed by atoms with Gasteiger partial charge in [-0.15, -0.1) is 20.5 Å². The third-order valence-electron chi connectivity index (χ3n) is 10.0. The van der Waals surface area contributed by atoms with Crippen LogP contribution < -0.4 is 91.4 Å². The molecule has 3 N–H and O–H groups in total. The van der Waals surface area contributed by atoms with Gasteiger partial charge in [-0.1, -0.05) is 23.5 Å². The summed E-state index contributed by atoms with van der Waals surface area (Å²) in [5.74, 6) is -0.760. The van der Waals surface area contributed by atoms with E-state index in [2.05, 4.69) is 41.4 Å². The van der Waals surface area contributed by atoms with Crippen LogP contribution in [-0.2, 0) is 45.3 Å². The van der Waals surface area contributed by atoms with Crippen LogP contribution in [-0.4, -0.2) is 76.1 Å². The van der Waals surface area contributed by atoms with E-state index in [4.69, 9.17) is 0 Å². The summed E-state index contributed by atoms with van der Waals surface area (Å²) in [6, 6.07) is 21.1. The molecule has 0 atom stereocenters. The van der Waals surface area contributed by atoms with Gasteiger partial charge in [-0.05, 0) is 85.3 Å². The Kier molecular flexibility index (Phi) is 23.3. The molecule has 7 aromatic rings. The van der Waals surface area contributed by atoms with E-state index in [1.54, 1.807) is 0 Å². The largest absolute Gasteiger partial charge is 1.00 e. The van der Waals surface area contributed by atoms with E-state index >= 15 is 0 Å². The van der Waals surface area contributed by atoms with Crippen molar-refractivity contribution in [2.45, 2.75) is 33.4 Å². The van der Waals surface area contributed by atoms with Gasteiger partial charge in [0, 0.05) is 66.4 Å². The van der Waals surface area contributed by atoms with Gasteiger partial charge in [0.2, 0.25) is 5.91 Å². The van der Waals surface area contributed by atoms with Crippen molar-refractivity contribution >= 4 is 133 Å². The van der Waals surface area contributed by atoms with Gasteiger partial charge in [0.1, 0.15) is 68.9 Å². The van der Waals surface area contributed by atoms with E-state index in [0.717, 1.165) is 30.3 Å². The van der Waals surface area contributed by atoms with E-state index in [1.807, 2.05) is 12.1 Å². The van der Waals surface area contributed by atoms with Crippen molar-refractivity contribution in [2.75, 3.05) is 16.0 Å². The van der Waals surface area contributed by atoms with Gasteiger partial charge < -0.3 is 34.2 Å². The first-order valence-electron chi connectivity index (χ1n) is 19.7. The van der Waals surface area contributed by atoms with Crippen molar-refractivity contribution in [3.05, 3.63) is 124 Å².